The van der Waals surface area contributed by atoms with Gasteiger partial charge in [-0.2, -0.15) is 0 Å². The second kappa shape index (κ2) is 9.38. The number of benzene rings is 1. The molecule has 1 fully saturated rings. The van der Waals surface area contributed by atoms with Crippen molar-refractivity contribution in [3.63, 3.8) is 0 Å². The zero-order valence-electron chi connectivity index (χ0n) is 13.5. The molecule has 1 saturated carbocycles. The van der Waals surface area contributed by atoms with Crippen LogP contribution in [0.25, 0.3) is 0 Å². The van der Waals surface area contributed by atoms with Crippen LogP contribution in [-0.4, -0.2) is 37.2 Å². The molecule has 1 aromatic carbocycles. The highest BCUT2D eigenvalue weighted by Crippen LogP contribution is 2.27. The molecule has 1 aliphatic carbocycles. The van der Waals surface area contributed by atoms with Crippen molar-refractivity contribution in [2.75, 3.05) is 20.2 Å². The molecule has 1 N–H and O–H groups in total. The number of carbonyl (C=O) groups is 1. The predicted molar refractivity (Wildman–Crippen MR) is 97.3 cm³/mol. The van der Waals surface area contributed by atoms with Crippen LogP contribution in [0.15, 0.2) is 22.7 Å². The first-order valence-corrected chi connectivity index (χ1v) is 9.33. The topological polar surface area (TPSA) is 41.6 Å². The number of urea groups is 1. The molecular weight excluding hydrogens is 380 g/mol. The molecule has 6 heteroatoms. The molecule has 2 rings (SSSR count). The fourth-order valence-corrected chi connectivity index (χ4v) is 3.53. The molecule has 0 aliphatic heterocycles. The molecule has 128 valence electrons. The Morgan fingerprint density at radius 1 is 1.39 bits per heavy atom. The van der Waals surface area contributed by atoms with Crippen molar-refractivity contribution in [1.82, 2.24) is 10.2 Å². The van der Waals surface area contributed by atoms with Gasteiger partial charge in [0.25, 0.3) is 0 Å². The van der Waals surface area contributed by atoms with Gasteiger partial charge in [0.1, 0.15) is 5.75 Å². The van der Waals surface area contributed by atoms with Crippen LogP contribution in [0.5, 0.6) is 5.75 Å². The van der Waals surface area contributed by atoms with Crippen LogP contribution in [0.4, 0.5) is 4.79 Å². The van der Waals surface area contributed by atoms with Gasteiger partial charge in [-0.15, -0.1) is 0 Å². The van der Waals surface area contributed by atoms with Gasteiger partial charge in [-0.3, -0.25) is 0 Å². The summed E-state index contributed by atoms with van der Waals surface area (Å²) in [6, 6.07) is 5.93. The van der Waals surface area contributed by atoms with Gasteiger partial charge in [-0.1, -0.05) is 46.8 Å². The van der Waals surface area contributed by atoms with Gasteiger partial charge in [0.05, 0.1) is 11.6 Å². The average Bonchev–Trinajstić information content (AvgIpc) is 2.56. The van der Waals surface area contributed by atoms with E-state index in [1.165, 1.54) is 19.3 Å². The van der Waals surface area contributed by atoms with Crippen molar-refractivity contribution in [2.45, 2.75) is 44.6 Å². The zero-order valence-corrected chi connectivity index (χ0v) is 15.8. The minimum atomic E-state index is 0.0126. The number of ether oxygens (including phenoxy) is 1. The Morgan fingerprint density at radius 3 is 2.83 bits per heavy atom. The summed E-state index contributed by atoms with van der Waals surface area (Å²) >= 11 is 9.45. The Bertz CT molecular complexity index is 521. The smallest absolute Gasteiger partial charge is 0.317 e. The first kappa shape index (κ1) is 18.4. The van der Waals surface area contributed by atoms with E-state index in [2.05, 4.69) is 21.2 Å². The van der Waals surface area contributed by atoms with Crippen molar-refractivity contribution in [3.8, 4) is 5.75 Å². The molecule has 0 radical (unpaired) electrons. The zero-order chi connectivity index (χ0) is 16.7. The molecule has 2 amide bonds. The average molecular weight is 404 g/mol. The van der Waals surface area contributed by atoms with Gasteiger partial charge in [-0.05, 0) is 37.5 Å². The maximum Gasteiger partial charge on any atom is 0.317 e. The van der Waals surface area contributed by atoms with Gasteiger partial charge in [-0.25, -0.2) is 4.79 Å². The second-order valence-corrected chi connectivity index (χ2v) is 7.23. The normalized spacial score (nSPS) is 15.3. The SMILES string of the molecule is CN(C(=O)NCCCOc1ccc(Br)cc1Cl)C1CCCCC1. The van der Waals surface area contributed by atoms with Crippen molar-refractivity contribution >= 4 is 33.6 Å². The Balaban J connectivity index is 1.63. The lowest BCUT2D eigenvalue weighted by molar-refractivity contribution is 0.173. The van der Waals surface area contributed by atoms with E-state index in [9.17, 15) is 4.79 Å². The van der Waals surface area contributed by atoms with E-state index in [1.807, 2.05) is 24.1 Å². The molecular formula is C17H24BrClN2O2. The highest BCUT2D eigenvalue weighted by Gasteiger charge is 2.21. The molecule has 0 saturated heterocycles. The maximum atomic E-state index is 12.1. The summed E-state index contributed by atoms with van der Waals surface area (Å²) in [4.78, 5) is 14.0. The summed E-state index contributed by atoms with van der Waals surface area (Å²) in [7, 11) is 1.89. The molecule has 0 spiro atoms. The summed E-state index contributed by atoms with van der Waals surface area (Å²) in [6.07, 6.45) is 6.73. The third-order valence-electron chi connectivity index (χ3n) is 4.19. The van der Waals surface area contributed by atoms with Crippen LogP contribution in [0, 0.1) is 0 Å². The molecule has 0 aromatic heterocycles. The number of nitrogens with zero attached hydrogens (tertiary/aromatic N) is 1. The van der Waals surface area contributed by atoms with Gasteiger partial charge in [0.2, 0.25) is 0 Å². The number of hydrogen-bond donors (Lipinski definition) is 1. The van der Waals surface area contributed by atoms with Gasteiger partial charge < -0.3 is 15.0 Å². The molecule has 0 atom stereocenters. The van der Waals surface area contributed by atoms with Gasteiger partial charge in [0.15, 0.2) is 0 Å². The van der Waals surface area contributed by atoms with Gasteiger partial charge >= 0.3 is 6.03 Å². The Morgan fingerprint density at radius 2 is 2.13 bits per heavy atom. The summed E-state index contributed by atoms with van der Waals surface area (Å²) in [5, 5.41) is 3.54. The van der Waals surface area contributed by atoms with E-state index in [-0.39, 0.29) is 6.03 Å². The first-order chi connectivity index (χ1) is 11.1. The molecule has 4 nitrogen and oxygen atoms in total. The van der Waals surface area contributed by atoms with Crippen LogP contribution in [0.1, 0.15) is 38.5 Å². The monoisotopic (exact) mass is 402 g/mol. The van der Waals surface area contributed by atoms with Gasteiger partial charge in [0, 0.05) is 24.1 Å². The number of amides is 2. The number of rotatable bonds is 6. The Hall–Kier alpha value is -0.940. The first-order valence-electron chi connectivity index (χ1n) is 8.16. The lowest BCUT2D eigenvalue weighted by atomic mass is 9.95. The standard InChI is InChI=1S/C17H24BrClN2O2/c1-21(14-6-3-2-4-7-14)17(22)20-10-5-11-23-16-9-8-13(18)12-15(16)19/h8-9,12,14H,2-7,10-11H2,1H3,(H,20,22). The largest absolute Gasteiger partial charge is 0.492 e. The summed E-state index contributed by atoms with van der Waals surface area (Å²) in [6.45, 7) is 1.12. The summed E-state index contributed by atoms with van der Waals surface area (Å²) in [5.74, 6) is 0.667. The Labute approximate surface area is 151 Å². The molecule has 1 aliphatic rings. The minimum Gasteiger partial charge on any atom is -0.492 e. The lowest BCUT2D eigenvalue weighted by Gasteiger charge is -2.31. The fourth-order valence-electron chi connectivity index (χ4n) is 2.80. The molecule has 23 heavy (non-hydrogen) atoms. The van der Waals surface area contributed by atoms with E-state index < -0.39 is 0 Å². The van der Waals surface area contributed by atoms with Crippen molar-refractivity contribution in [1.29, 1.82) is 0 Å². The number of carbonyl (C=O) groups excluding carboxylic acids is 1. The highest BCUT2D eigenvalue weighted by molar-refractivity contribution is 9.10. The summed E-state index contributed by atoms with van der Waals surface area (Å²) < 4.78 is 6.56. The van der Waals surface area contributed by atoms with Crippen molar-refractivity contribution in [2.24, 2.45) is 0 Å². The second-order valence-electron chi connectivity index (χ2n) is 5.91. The minimum absolute atomic E-state index is 0.0126. The van der Waals surface area contributed by atoms with Crippen LogP contribution in [0.3, 0.4) is 0 Å². The van der Waals surface area contributed by atoms with Crippen molar-refractivity contribution in [3.05, 3.63) is 27.7 Å². The molecule has 0 bridgehead atoms. The molecule has 0 unspecified atom stereocenters. The van der Waals surface area contributed by atoms with Crippen LogP contribution in [0.2, 0.25) is 5.02 Å². The molecule has 0 heterocycles. The van der Waals surface area contributed by atoms with Crippen LogP contribution in [-0.2, 0) is 0 Å². The lowest BCUT2D eigenvalue weighted by Crippen LogP contribution is -2.44. The number of halogens is 2. The van der Waals surface area contributed by atoms with Crippen LogP contribution >= 0.6 is 27.5 Å². The Kier molecular flexibility index (Phi) is 7.50. The summed E-state index contributed by atoms with van der Waals surface area (Å²) in [5.41, 5.74) is 0. The maximum absolute atomic E-state index is 12.1. The molecule has 1 aromatic rings. The predicted octanol–water partition coefficient (Wildman–Crippen LogP) is 4.85. The third kappa shape index (κ3) is 5.88. The number of nitrogens with one attached hydrogen (secondary N) is 1. The van der Waals surface area contributed by atoms with Crippen molar-refractivity contribution < 1.29 is 9.53 Å². The highest BCUT2D eigenvalue weighted by atomic mass is 79.9. The van der Waals surface area contributed by atoms with E-state index in [0.717, 1.165) is 23.7 Å². The van der Waals surface area contributed by atoms with E-state index in [4.69, 9.17) is 16.3 Å². The number of hydrogen-bond acceptors (Lipinski definition) is 2. The van der Waals surface area contributed by atoms with E-state index in [1.54, 1.807) is 6.07 Å². The fraction of sp³-hybridized carbons (Fsp3) is 0.588. The van der Waals surface area contributed by atoms with Crippen LogP contribution < -0.4 is 10.1 Å². The van der Waals surface area contributed by atoms with E-state index >= 15 is 0 Å². The third-order valence-corrected chi connectivity index (χ3v) is 4.98. The quantitative estimate of drug-likeness (QED) is 0.690. The van der Waals surface area contributed by atoms with E-state index in [0.29, 0.717) is 30.0 Å².